The Hall–Kier alpha value is -2.63. The number of aromatic nitrogens is 2. The van der Waals surface area contributed by atoms with E-state index in [4.69, 9.17) is 4.74 Å². The number of halogens is 2. The number of phenolic OH excluding ortho intramolecular Hbond substituents is 1. The predicted octanol–water partition coefficient (Wildman–Crippen LogP) is 3.15. The lowest BCUT2D eigenvalue weighted by molar-refractivity contribution is 0.370. The molecule has 4 nitrogen and oxygen atoms in total. The number of aromatic amines is 1. The van der Waals surface area contributed by atoms with Crippen LogP contribution in [-0.4, -0.2) is 22.2 Å². The van der Waals surface area contributed by atoms with Crippen molar-refractivity contribution in [3.05, 3.63) is 53.4 Å². The summed E-state index contributed by atoms with van der Waals surface area (Å²) in [6, 6.07) is 7.52. The summed E-state index contributed by atoms with van der Waals surface area (Å²) in [5, 5.41) is 9.40. The molecule has 6 heteroatoms. The molecule has 0 saturated carbocycles. The average Bonchev–Trinajstić information content (AvgIpc) is 2.85. The Kier molecular flexibility index (Phi) is 3.21. The fraction of sp³-hybridized carbons (Fsp3) is 0.133. The first-order valence-electron chi connectivity index (χ1n) is 6.27. The van der Waals surface area contributed by atoms with Crippen LogP contribution in [0.1, 0.15) is 11.4 Å². The van der Waals surface area contributed by atoms with Crippen LogP contribution in [0.3, 0.4) is 0 Å². The van der Waals surface area contributed by atoms with E-state index in [0.717, 1.165) is 0 Å². The molecule has 0 spiro atoms. The number of fused-ring (bicyclic) bond motifs is 1. The van der Waals surface area contributed by atoms with Crippen molar-refractivity contribution in [1.82, 2.24) is 9.97 Å². The Morgan fingerprint density at radius 1 is 1.19 bits per heavy atom. The number of rotatable bonds is 3. The van der Waals surface area contributed by atoms with Crippen LogP contribution in [0.15, 0.2) is 30.3 Å². The van der Waals surface area contributed by atoms with Crippen LogP contribution in [0.4, 0.5) is 8.78 Å². The number of phenols is 1. The molecule has 0 fully saturated rings. The van der Waals surface area contributed by atoms with E-state index in [1.165, 1.54) is 31.4 Å². The van der Waals surface area contributed by atoms with Gasteiger partial charge in [0.2, 0.25) is 5.82 Å². The van der Waals surface area contributed by atoms with E-state index in [9.17, 15) is 13.9 Å². The van der Waals surface area contributed by atoms with E-state index in [1.807, 2.05) is 0 Å². The van der Waals surface area contributed by atoms with Gasteiger partial charge >= 0.3 is 0 Å². The molecule has 2 aromatic carbocycles. The Morgan fingerprint density at radius 2 is 2.00 bits per heavy atom. The smallest absolute Gasteiger partial charge is 0.200 e. The van der Waals surface area contributed by atoms with Gasteiger partial charge in [0.1, 0.15) is 11.6 Å². The molecule has 3 aromatic rings. The third-order valence-corrected chi connectivity index (χ3v) is 3.22. The number of hydrogen-bond donors (Lipinski definition) is 2. The molecule has 2 N–H and O–H groups in total. The number of imidazole rings is 1. The van der Waals surface area contributed by atoms with Crippen LogP contribution in [0.25, 0.3) is 11.0 Å². The molecule has 108 valence electrons. The molecule has 0 unspecified atom stereocenters. The van der Waals surface area contributed by atoms with Crippen molar-refractivity contribution >= 4 is 11.0 Å². The standard InChI is InChI=1S/C15H12F2N2O2/c1-21-12-5-2-8(14(16)15(12)17)6-13-18-10-4-3-9(20)7-11(10)19-13/h2-5,7,20H,6H2,1H3,(H,18,19). The molecule has 0 aliphatic rings. The number of hydrogen-bond acceptors (Lipinski definition) is 3. The lowest BCUT2D eigenvalue weighted by atomic mass is 10.1. The highest BCUT2D eigenvalue weighted by Crippen LogP contribution is 2.24. The van der Waals surface area contributed by atoms with E-state index in [-0.39, 0.29) is 23.5 Å². The molecule has 1 heterocycles. The molecule has 0 radical (unpaired) electrons. The first-order chi connectivity index (χ1) is 10.1. The first kappa shape index (κ1) is 13.4. The molecular weight excluding hydrogens is 278 g/mol. The Balaban J connectivity index is 1.96. The van der Waals surface area contributed by atoms with Gasteiger partial charge in [0.25, 0.3) is 0 Å². The number of benzene rings is 2. The number of H-pyrrole nitrogens is 1. The molecule has 3 rings (SSSR count). The summed E-state index contributed by atoms with van der Waals surface area (Å²) in [5.41, 5.74) is 1.47. The third-order valence-electron chi connectivity index (χ3n) is 3.22. The van der Waals surface area contributed by atoms with E-state index in [1.54, 1.807) is 6.07 Å². The SMILES string of the molecule is COc1ccc(Cc2nc3ccc(O)cc3[nH]2)c(F)c1F. The molecule has 0 saturated heterocycles. The van der Waals surface area contributed by atoms with Gasteiger partial charge in [-0.25, -0.2) is 9.37 Å². The largest absolute Gasteiger partial charge is 0.508 e. The van der Waals surface area contributed by atoms with Crippen molar-refractivity contribution in [3.8, 4) is 11.5 Å². The Morgan fingerprint density at radius 3 is 2.76 bits per heavy atom. The molecular formula is C15H12F2N2O2. The normalized spacial score (nSPS) is 11.0. The van der Waals surface area contributed by atoms with Gasteiger partial charge in [-0.1, -0.05) is 6.07 Å². The Bertz CT molecular complexity index is 815. The molecule has 0 aliphatic heterocycles. The van der Waals surface area contributed by atoms with Gasteiger partial charge in [-0.15, -0.1) is 0 Å². The summed E-state index contributed by atoms with van der Waals surface area (Å²) >= 11 is 0. The fourth-order valence-electron chi connectivity index (χ4n) is 2.18. The summed E-state index contributed by atoms with van der Waals surface area (Å²) in [4.78, 5) is 7.24. The van der Waals surface area contributed by atoms with Gasteiger partial charge in [0.05, 0.1) is 18.1 Å². The maximum atomic E-state index is 13.9. The van der Waals surface area contributed by atoms with Gasteiger partial charge in [-0.05, 0) is 23.8 Å². The second-order valence-electron chi connectivity index (χ2n) is 4.62. The van der Waals surface area contributed by atoms with Crippen molar-refractivity contribution in [2.45, 2.75) is 6.42 Å². The number of methoxy groups -OCH3 is 1. The molecule has 0 bridgehead atoms. The predicted molar refractivity (Wildman–Crippen MR) is 73.5 cm³/mol. The minimum Gasteiger partial charge on any atom is -0.508 e. The van der Waals surface area contributed by atoms with E-state index in [2.05, 4.69) is 9.97 Å². The summed E-state index contributed by atoms with van der Waals surface area (Å²) in [5.74, 6) is -1.49. The maximum absolute atomic E-state index is 13.9. The molecule has 1 aromatic heterocycles. The van der Waals surface area contributed by atoms with Crippen molar-refractivity contribution in [2.75, 3.05) is 7.11 Å². The average molecular weight is 290 g/mol. The van der Waals surface area contributed by atoms with E-state index >= 15 is 0 Å². The molecule has 0 aliphatic carbocycles. The number of aromatic hydroxyl groups is 1. The minimum atomic E-state index is -1.01. The highest BCUT2D eigenvalue weighted by atomic mass is 19.2. The summed E-state index contributed by atoms with van der Waals surface area (Å²) in [6.07, 6.45) is 0.113. The quantitative estimate of drug-likeness (QED) is 0.779. The van der Waals surface area contributed by atoms with E-state index < -0.39 is 11.6 Å². The lowest BCUT2D eigenvalue weighted by Crippen LogP contribution is -2.00. The molecule has 0 amide bonds. The Labute approximate surface area is 119 Å². The third kappa shape index (κ3) is 2.40. The number of nitrogens with zero attached hydrogens (tertiary/aromatic N) is 1. The molecule has 21 heavy (non-hydrogen) atoms. The highest BCUT2D eigenvalue weighted by molar-refractivity contribution is 5.76. The summed E-state index contributed by atoms with van der Waals surface area (Å²) < 4.78 is 32.3. The number of ether oxygens (including phenoxy) is 1. The van der Waals surface area contributed by atoms with Gasteiger partial charge < -0.3 is 14.8 Å². The number of nitrogens with one attached hydrogen (secondary N) is 1. The second-order valence-corrected chi connectivity index (χ2v) is 4.62. The lowest BCUT2D eigenvalue weighted by Gasteiger charge is -2.06. The van der Waals surface area contributed by atoms with Crippen LogP contribution in [0.2, 0.25) is 0 Å². The highest BCUT2D eigenvalue weighted by Gasteiger charge is 2.15. The van der Waals surface area contributed by atoms with Crippen molar-refractivity contribution < 1.29 is 18.6 Å². The first-order valence-corrected chi connectivity index (χ1v) is 6.27. The van der Waals surface area contributed by atoms with Gasteiger partial charge in [0.15, 0.2) is 11.6 Å². The summed E-state index contributed by atoms with van der Waals surface area (Å²) in [7, 11) is 1.28. The van der Waals surface area contributed by atoms with Gasteiger partial charge in [-0.2, -0.15) is 4.39 Å². The van der Waals surface area contributed by atoms with Crippen molar-refractivity contribution in [3.63, 3.8) is 0 Å². The van der Waals surface area contributed by atoms with E-state index in [0.29, 0.717) is 16.9 Å². The van der Waals surface area contributed by atoms with Crippen LogP contribution in [-0.2, 0) is 6.42 Å². The zero-order valence-electron chi connectivity index (χ0n) is 11.2. The van der Waals surface area contributed by atoms with Crippen LogP contribution < -0.4 is 4.74 Å². The zero-order valence-corrected chi connectivity index (χ0v) is 11.2. The second kappa shape index (κ2) is 5.05. The monoisotopic (exact) mass is 290 g/mol. The zero-order chi connectivity index (χ0) is 15.0. The van der Waals surface area contributed by atoms with Crippen LogP contribution in [0, 0.1) is 11.6 Å². The summed E-state index contributed by atoms with van der Waals surface area (Å²) in [6.45, 7) is 0. The van der Waals surface area contributed by atoms with Crippen LogP contribution in [0.5, 0.6) is 11.5 Å². The fourth-order valence-corrected chi connectivity index (χ4v) is 2.18. The van der Waals surface area contributed by atoms with Crippen molar-refractivity contribution in [1.29, 1.82) is 0 Å². The maximum Gasteiger partial charge on any atom is 0.200 e. The molecule has 0 atom stereocenters. The van der Waals surface area contributed by atoms with Gasteiger partial charge in [0, 0.05) is 12.5 Å². The van der Waals surface area contributed by atoms with Crippen LogP contribution >= 0.6 is 0 Å². The van der Waals surface area contributed by atoms with Crippen molar-refractivity contribution in [2.24, 2.45) is 0 Å². The topological polar surface area (TPSA) is 58.1 Å². The van der Waals surface area contributed by atoms with Gasteiger partial charge in [-0.3, -0.25) is 0 Å². The minimum absolute atomic E-state index is 0.111.